The van der Waals surface area contributed by atoms with Crippen LogP contribution in [0, 0.1) is 0 Å². The summed E-state index contributed by atoms with van der Waals surface area (Å²) >= 11 is 12.5. The van der Waals surface area contributed by atoms with Crippen molar-refractivity contribution >= 4 is 45.0 Å². The molecule has 0 aliphatic rings. The first-order valence-electron chi connectivity index (χ1n) is 7.53. The fourth-order valence-corrected chi connectivity index (χ4v) is 3.13. The molecule has 2 aromatic heterocycles. The quantitative estimate of drug-likeness (QED) is 0.502. The predicted octanol–water partition coefficient (Wildman–Crippen LogP) is 4.67. The molecular formula is C18H12Cl2N4. The molecule has 0 bridgehead atoms. The minimum absolute atomic E-state index is 0.466. The van der Waals surface area contributed by atoms with Crippen LogP contribution in [0.25, 0.3) is 21.8 Å². The first kappa shape index (κ1) is 15.2. The average molecular weight is 355 g/mol. The van der Waals surface area contributed by atoms with Gasteiger partial charge in [-0.15, -0.1) is 0 Å². The van der Waals surface area contributed by atoms with Crippen molar-refractivity contribution in [3.8, 4) is 0 Å². The molecule has 4 aromatic rings. The van der Waals surface area contributed by atoms with E-state index in [9.17, 15) is 0 Å². The van der Waals surface area contributed by atoms with Gasteiger partial charge in [-0.1, -0.05) is 47.5 Å². The molecule has 2 heterocycles. The molecule has 0 amide bonds. The zero-order valence-corrected chi connectivity index (χ0v) is 14.1. The van der Waals surface area contributed by atoms with E-state index in [1.807, 2.05) is 48.5 Å². The van der Waals surface area contributed by atoms with Crippen LogP contribution in [0.4, 0.5) is 0 Å². The largest absolute Gasteiger partial charge is 0.233 e. The second kappa shape index (κ2) is 6.30. The molecule has 0 N–H and O–H groups in total. The van der Waals surface area contributed by atoms with Gasteiger partial charge in [0, 0.05) is 23.6 Å². The van der Waals surface area contributed by atoms with E-state index in [0.717, 1.165) is 21.8 Å². The second-order valence-electron chi connectivity index (χ2n) is 5.40. The number of fused-ring (bicyclic) bond motifs is 2. The molecule has 0 fully saturated rings. The summed E-state index contributed by atoms with van der Waals surface area (Å²) in [5, 5.41) is 2.64. The molecule has 0 aliphatic heterocycles. The highest BCUT2D eigenvalue weighted by atomic mass is 35.5. The van der Waals surface area contributed by atoms with Crippen LogP contribution < -0.4 is 0 Å². The number of rotatable bonds is 3. The smallest absolute Gasteiger partial charge is 0.140 e. The Morgan fingerprint density at radius 1 is 0.583 bits per heavy atom. The Morgan fingerprint density at radius 2 is 1.00 bits per heavy atom. The van der Waals surface area contributed by atoms with E-state index in [1.165, 1.54) is 0 Å². The van der Waals surface area contributed by atoms with E-state index >= 15 is 0 Å². The Morgan fingerprint density at radius 3 is 1.46 bits per heavy atom. The maximum absolute atomic E-state index is 6.24. The van der Waals surface area contributed by atoms with Crippen LogP contribution in [0.3, 0.4) is 0 Å². The molecule has 118 valence electrons. The lowest BCUT2D eigenvalue weighted by atomic mass is 10.2. The van der Waals surface area contributed by atoms with Gasteiger partial charge >= 0.3 is 0 Å². The van der Waals surface area contributed by atoms with Gasteiger partial charge in [0.25, 0.3) is 0 Å². The number of hydrogen-bond donors (Lipinski definition) is 0. The van der Waals surface area contributed by atoms with Crippen LogP contribution >= 0.6 is 23.2 Å². The normalized spacial score (nSPS) is 11.2. The van der Waals surface area contributed by atoms with Gasteiger partial charge < -0.3 is 0 Å². The lowest BCUT2D eigenvalue weighted by Crippen LogP contribution is -2.03. The van der Waals surface area contributed by atoms with Crippen molar-refractivity contribution in [3.05, 3.63) is 70.5 Å². The van der Waals surface area contributed by atoms with Crippen LogP contribution in [0.2, 0.25) is 10.3 Å². The lowest BCUT2D eigenvalue weighted by molar-refractivity contribution is 0.818. The van der Waals surface area contributed by atoms with E-state index in [0.29, 0.717) is 34.8 Å². The van der Waals surface area contributed by atoms with Crippen LogP contribution in [0.15, 0.2) is 48.5 Å². The minimum atomic E-state index is 0.466. The molecule has 0 atom stereocenters. The van der Waals surface area contributed by atoms with Gasteiger partial charge in [0.1, 0.15) is 22.0 Å². The molecule has 2 aromatic carbocycles. The van der Waals surface area contributed by atoms with Crippen molar-refractivity contribution in [1.82, 2.24) is 19.9 Å². The second-order valence-corrected chi connectivity index (χ2v) is 6.11. The van der Waals surface area contributed by atoms with Gasteiger partial charge in [0.2, 0.25) is 0 Å². The lowest BCUT2D eigenvalue weighted by Gasteiger charge is -2.06. The van der Waals surface area contributed by atoms with E-state index in [2.05, 4.69) is 19.9 Å². The van der Waals surface area contributed by atoms with Crippen molar-refractivity contribution in [2.75, 3.05) is 0 Å². The number of para-hydroxylation sites is 2. The molecule has 0 spiro atoms. The Labute approximate surface area is 148 Å². The first-order valence-corrected chi connectivity index (χ1v) is 8.28. The summed E-state index contributed by atoms with van der Waals surface area (Å²) in [4.78, 5) is 17.8. The third kappa shape index (κ3) is 2.90. The summed E-state index contributed by atoms with van der Waals surface area (Å²) in [6.07, 6.45) is 1.19. The Kier molecular flexibility index (Phi) is 4.00. The molecule has 4 nitrogen and oxygen atoms in total. The zero-order valence-electron chi connectivity index (χ0n) is 12.6. The van der Waals surface area contributed by atoms with Gasteiger partial charge in [0.15, 0.2) is 0 Å². The molecule has 0 unspecified atom stereocenters. The molecule has 4 rings (SSSR count). The number of aryl methyl sites for hydroxylation is 2. The van der Waals surface area contributed by atoms with Crippen molar-refractivity contribution in [2.45, 2.75) is 12.8 Å². The molecule has 0 aliphatic carbocycles. The number of aromatic nitrogens is 4. The van der Waals surface area contributed by atoms with E-state index < -0.39 is 0 Å². The number of benzene rings is 2. The summed E-state index contributed by atoms with van der Waals surface area (Å²) < 4.78 is 0. The summed E-state index contributed by atoms with van der Waals surface area (Å²) in [6, 6.07) is 15.4. The summed E-state index contributed by atoms with van der Waals surface area (Å²) in [6.45, 7) is 0. The maximum atomic E-state index is 6.24. The van der Waals surface area contributed by atoms with Gasteiger partial charge in [0.05, 0.1) is 11.0 Å². The molecular weight excluding hydrogens is 343 g/mol. The third-order valence-corrected chi connectivity index (χ3v) is 4.35. The van der Waals surface area contributed by atoms with Crippen LogP contribution in [0.1, 0.15) is 11.6 Å². The molecule has 24 heavy (non-hydrogen) atoms. The fourth-order valence-electron chi connectivity index (χ4n) is 2.61. The fraction of sp³-hybridized carbons (Fsp3) is 0.111. The zero-order chi connectivity index (χ0) is 16.5. The van der Waals surface area contributed by atoms with E-state index in [4.69, 9.17) is 23.2 Å². The predicted molar refractivity (Wildman–Crippen MR) is 96.5 cm³/mol. The summed E-state index contributed by atoms with van der Waals surface area (Å²) in [7, 11) is 0. The standard InChI is InChI=1S/C18H12Cl2N4/c19-17-11-5-1-3-7-13(11)21-15(23-17)9-10-16-22-14-8-4-2-6-12(14)18(20)24-16/h1-8H,9-10H2. The van der Waals surface area contributed by atoms with E-state index in [-0.39, 0.29) is 0 Å². The van der Waals surface area contributed by atoms with Crippen molar-refractivity contribution in [1.29, 1.82) is 0 Å². The number of nitrogens with zero attached hydrogens (tertiary/aromatic N) is 4. The highest BCUT2D eigenvalue weighted by molar-refractivity contribution is 6.34. The van der Waals surface area contributed by atoms with Crippen LogP contribution in [-0.2, 0) is 12.8 Å². The first-order chi connectivity index (χ1) is 11.7. The molecule has 6 heteroatoms. The maximum Gasteiger partial charge on any atom is 0.140 e. The third-order valence-electron chi connectivity index (χ3n) is 3.78. The average Bonchev–Trinajstić information content (AvgIpc) is 2.60. The Hall–Kier alpha value is -2.30. The van der Waals surface area contributed by atoms with Crippen molar-refractivity contribution < 1.29 is 0 Å². The highest BCUT2D eigenvalue weighted by Gasteiger charge is 2.09. The topological polar surface area (TPSA) is 51.6 Å². The summed E-state index contributed by atoms with van der Waals surface area (Å²) in [5.74, 6) is 1.35. The Balaban J connectivity index is 1.63. The molecule has 0 radical (unpaired) electrons. The molecule has 0 saturated carbocycles. The number of hydrogen-bond acceptors (Lipinski definition) is 4. The number of halogens is 2. The summed E-state index contributed by atoms with van der Waals surface area (Å²) in [5.41, 5.74) is 1.68. The minimum Gasteiger partial charge on any atom is -0.233 e. The van der Waals surface area contributed by atoms with Gasteiger partial charge in [-0.3, -0.25) is 0 Å². The van der Waals surface area contributed by atoms with Crippen molar-refractivity contribution in [2.24, 2.45) is 0 Å². The van der Waals surface area contributed by atoms with Crippen molar-refractivity contribution in [3.63, 3.8) is 0 Å². The van der Waals surface area contributed by atoms with E-state index in [1.54, 1.807) is 0 Å². The molecule has 0 saturated heterocycles. The Bertz CT molecular complexity index is 964. The monoisotopic (exact) mass is 354 g/mol. The highest BCUT2D eigenvalue weighted by Crippen LogP contribution is 2.22. The van der Waals surface area contributed by atoms with Gasteiger partial charge in [-0.2, -0.15) is 0 Å². The van der Waals surface area contributed by atoms with Gasteiger partial charge in [-0.25, -0.2) is 19.9 Å². The SMILES string of the molecule is Clc1nc(CCc2nc(Cl)c3ccccc3n2)nc2ccccc12. The van der Waals surface area contributed by atoms with Crippen LogP contribution in [-0.4, -0.2) is 19.9 Å². The van der Waals surface area contributed by atoms with Gasteiger partial charge in [-0.05, 0) is 24.3 Å². The van der Waals surface area contributed by atoms with Crippen LogP contribution in [0.5, 0.6) is 0 Å².